The molecule has 30 heavy (non-hydrogen) atoms. The number of hydrogen-bond acceptors (Lipinski definition) is 5. The molecule has 0 aliphatic heterocycles. The summed E-state index contributed by atoms with van der Waals surface area (Å²) in [6.07, 6.45) is 8.97. The van der Waals surface area contributed by atoms with E-state index in [1.165, 1.54) is 42.0 Å². The molecule has 2 aromatic carbocycles. The van der Waals surface area contributed by atoms with Crippen molar-refractivity contribution in [2.24, 2.45) is 0 Å². The molecule has 4 N–H and O–H groups in total. The summed E-state index contributed by atoms with van der Waals surface area (Å²) >= 11 is 0. The van der Waals surface area contributed by atoms with Gasteiger partial charge in [0.05, 0.1) is 5.56 Å². The summed E-state index contributed by atoms with van der Waals surface area (Å²) in [5.41, 5.74) is 3.30. The Labute approximate surface area is 177 Å². The second kappa shape index (κ2) is 10.3. The van der Waals surface area contributed by atoms with Crippen LogP contribution >= 0.6 is 0 Å². The molecule has 0 aliphatic carbocycles. The molecule has 0 aliphatic rings. The van der Waals surface area contributed by atoms with E-state index < -0.39 is 5.78 Å². The lowest BCUT2D eigenvalue weighted by Crippen LogP contribution is -1.98. The van der Waals surface area contributed by atoms with Crippen LogP contribution in [0.4, 0.5) is 0 Å². The second-order valence-electron chi connectivity index (χ2n) is 7.48. The number of ketones is 1. The Morgan fingerprint density at radius 2 is 1.60 bits per heavy atom. The van der Waals surface area contributed by atoms with Gasteiger partial charge in [-0.25, -0.2) is 0 Å². The van der Waals surface area contributed by atoms with Gasteiger partial charge in [-0.05, 0) is 75.9 Å². The maximum absolute atomic E-state index is 12.5. The predicted molar refractivity (Wildman–Crippen MR) is 119 cm³/mol. The molecule has 0 amide bonds. The molecule has 0 spiro atoms. The molecule has 0 aromatic heterocycles. The topological polar surface area (TPSA) is 98.0 Å². The molecule has 0 unspecified atom stereocenters. The third-order valence-corrected chi connectivity index (χ3v) is 4.70. The minimum atomic E-state index is -0.439. The molecule has 5 nitrogen and oxygen atoms in total. The minimum Gasteiger partial charge on any atom is -0.508 e. The highest BCUT2D eigenvalue weighted by molar-refractivity contribution is 6.09. The number of rotatable bonds is 8. The van der Waals surface area contributed by atoms with E-state index >= 15 is 0 Å². The van der Waals surface area contributed by atoms with E-state index in [2.05, 4.69) is 19.9 Å². The zero-order chi connectivity index (χ0) is 22.3. The summed E-state index contributed by atoms with van der Waals surface area (Å²) in [5, 5.41) is 39.6. The molecule has 0 fully saturated rings. The number of carbonyl (C=O) groups excluding carboxylic acids is 1. The predicted octanol–water partition coefficient (Wildman–Crippen LogP) is 5.64. The van der Waals surface area contributed by atoms with Gasteiger partial charge in [-0.2, -0.15) is 0 Å². The first kappa shape index (κ1) is 22.8. The fourth-order valence-corrected chi connectivity index (χ4v) is 2.90. The van der Waals surface area contributed by atoms with Gasteiger partial charge in [-0.3, -0.25) is 4.79 Å². The van der Waals surface area contributed by atoms with Gasteiger partial charge in [0, 0.05) is 5.56 Å². The number of aromatic hydroxyl groups is 4. The fraction of sp³-hybridized carbons (Fsp3) is 0.240. The van der Waals surface area contributed by atoms with Gasteiger partial charge < -0.3 is 20.4 Å². The number of carbonyl (C=O) groups is 1. The van der Waals surface area contributed by atoms with Crippen molar-refractivity contribution >= 4 is 11.9 Å². The first-order chi connectivity index (χ1) is 14.2. The highest BCUT2D eigenvalue weighted by Crippen LogP contribution is 2.32. The van der Waals surface area contributed by atoms with Crippen molar-refractivity contribution in [2.75, 3.05) is 0 Å². The van der Waals surface area contributed by atoms with Crippen LogP contribution < -0.4 is 0 Å². The van der Waals surface area contributed by atoms with Crippen LogP contribution in [0.25, 0.3) is 6.08 Å². The van der Waals surface area contributed by atoms with Crippen LogP contribution in [-0.2, 0) is 6.42 Å². The Kier molecular flexibility index (Phi) is 7.87. The zero-order valence-corrected chi connectivity index (χ0v) is 17.5. The van der Waals surface area contributed by atoms with Crippen LogP contribution in [0.15, 0.2) is 59.7 Å². The largest absolute Gasteiger partial charge is 0.508 e. The summed E-state index contributed by atoms with van der Waals surface area (Å²) in [7, 11) is 0. The van der Waals surface area contributed by atoms with Gasteiger partial charge in [-0.1, -0.05) is 35.4 Å². The van der Waals surface area contributed by atoms with Crippen LogP contribution in [0.2, 0.25) is 0 Å². The summed E-state index contributed by atoms with van der Waals surface area (Å²) < 4.78 is 0. The zero-order valence-electron chi connectivity index (χ0n) is 17.5. The van der Waals surface area contributed by atoms with Crippen molar-refractivity contribution in [3.63, 3.8) is 0 Å². The molecular formula is C25H28O5. The van der Waals surface area contributed by atoms with Crippen LogP contribution in [0.5, 0.6) is 23.0 Å². The smallest absolute Gasteiger partial charge is 0.189 e. The van der Waals surface area contributed by atoms with Gasteiger partial charge in [0.1, 0.15) is 11.5 Å². The van der Waals surface area contributed by atoms with Crippen molar-refractivity contribution < 1.29 is 25.2 Å². The van der Waals surface area contributed by atoms with Crippen molar-refractivity contribution in [3.05, 3.63) is 76.4 Å². The molecule has 5 heteroatoms. The van der Waals surface area contributed by atoms with E-state index in [1.54, 1.807) is 6.07 Å². The van der Waals surface area contributed by atoms with Crippen LogP contribution in [0, 0.1) is 0 Å². The number of hydrogen-bond donors (Lipinski definition) is 4. The first-order valence-electron chi connectivity index (χ1n) is 9.76. The molecule has 0 saturated heterocycles. The Morgan fingerprint density at radius 1 is 0.900 bits per heavy atom. The van der Waals surface area contributed by atoms with Gasteiger partial charge >= 0.3 is 0 Å². The Balaban J connectivity index is 2.18. The third-order valence-electron chi connectivity index (χ3n) is 4.70. The van der Waals surface area contributed by atoms with Gasteiger partial charge in [-0.15, -0.1) is 0 Å². The van der Waals surface area contributed by atoms with Crippen molar-refractivity contribution in [1.82, 2.24) is 0 Å². The van der Waals surface area contributed by atoms with E-state index in [9.17, 15) is 25.2 Å². The van der Waals surface area contributed by atoms with Crippen molar-refractivity contribution in [1.29, 1.82) is 0 Å². The van der Waals surface area contributed by atoms with E-state index in [4.69, 9.17) is 0 Å². The van der Waals surface area contributed by atoms with Crippen LogP contribution in [0.1, 0.15) is 55.1 Å². The lowest BCUT2D eigenvalue weighted by Gasteiger charge is -2.09. The Morgan fingerprint density at radius 3 is 2.27 bits per heavy atom. The van der Waals surface area contributed by atoms with Gasteiger partial charge in [0.2, 0.25) is 0 Å². The van der Waals surface area contributed by atoms with E-state index in [0.29, 0.717) is 17.5 Å². The average molecular weight is 408 g/mol. The third kappa shape index (κ3) is 6.27. The van der Waals surface area contributed by atoms with E-state index in [1.807, 2.05) is 13.0 Å². The summed E-state index contributed by atoms with van der Waals surface area (Å²) in [5.74, 6) is -1.28. The summed E-state index contributed by atoms with van der Waals surface area (Å²) in [6, 6.07) is 6.96. The Hall–Kier alpha value is -3.47. The highest BCUT2D eigenvalue weighted by Gasteiger charge is 2.15. The summed E-state index contributed by atoms with van der Waals surface area (Å²) in [6.45, 7) is 6.10. The average Bonchev–Trinajstić information content (AvgIpc) is 2.68. The molecule has 0 atom stereocenters. The number of benzene rings is 2. The molecule has 0 heterocycles. The second-order valence-corrected chi connectivity index (χ2v) is 7.48. The monoisotopic (exact) mass is 408 g/mol. The van der Waals surface area contributed by atoms with Gasteiger partial charge in [0.25, 0.3) is 0 Å². The first-order valence-corrected chi connectivity index (χ1v) is 9.76. The molecule has 2 aromatic rings. The standard InChI is InChI=1S/C25H28O5/c1-16(2)5-4-6-17(3)7-10-19-22(27)14-11-20(25(19)30)21(26)12-8-18-9-13-23(28)24(29)15-18/h5,7-9,11-15,27-30H,4,6,10H2,1-3H3/b12-8+,17-7+. The van der Waals surface area contributed by atoms with Crippen LogP contribution in [0.3, 0.4) is 0 Å². The van der Waals surface area contributed by atoms with E-state index in [0.717, 1.165) is 18.4 Å². The maximum Gasteiger partial charge on any atom is 0.189 e. The van der Waals surface area contributed by atoms with Crippen LogP contribution in [-0.4, -0.2) is 26.2 Å². The minimum absolute atomic E-state index is 0.0650. The number of phenols is 4. The normalized spacial score (nSPS) is 11.6. The molecular weight excluding hydrogens is 380 g/mol. The highest BCUT2D eigenvalue weighted by atomic mass is 16.3. The summed E-state index contributed by atoms with van der Waals surface area (Å²) in [4.78, 5) is 12.5. The maximum atomic E-state index is 12.5. The Bertz CT molecular complexity index is 1010. The molecule has 0 radical (unpaired) electrons. The van der Waals surface area contributed by atoms with Crippen molar-refractivity contribution in [2.45, 2.75) is 40.0 Å². The molecule has 0 bridgehead atoms. The molecule has 2 rings (SSSR count). The number of phenolic OH excluding ortho intramolecular Hbond substituents is 4. The quantitative estimate of drug-likeness (QED) is 0.196. The molecule has 158 valence electrons. The SMILES string of the molecule is CC(C)=CCC/C(C)=C/Cc1c(O)ccc(C(=O)/C=C/c2ccc(O)c(O)c2)c1O. The lowest BCUT2D eigenvalue weighted by atomic mass is 9.99. The fourth-order valence-electron chi connectivity index (χ4n) is 2.90. The lowest BCUT2D eigenvalue weighted by molar-refractivity contribution is 0.104. The molecule has 0 saturated carbocycles. The number of allylic oxidation sites excluding steroid dienone is 5. The van der Waals surface area contributed by atoms with Gasteiger partial charge in [0.15, 0.2) is 17.3 Å². The van der Waals surface area contributed by atoms with E-state index in [-0.39, 0.29) is 28.6 Å². The van der Waals surface area contributed by atoms with Crippen molar-refractivity contribution in [3.8, 4) is 23.0 Å².